The number of aryl methyl sites for hydroxylation is 1. The van der Waals surface area contributed by atoms with Gasteiger partial charge in [0, 0.05) is 24.3 Å². The molecule has 4 rings (SSSR count). The molecule has 0 saturated carbocycles. The molecular formula is C18H14N2O. The highest BCUT2D eigenvalue weighted by atomic mass is 16.1. The van der Waals surface area contributed by atoms with Gasteiger partial charge in [0.05, 0.1) is 16.4 Å². The summed E-state index contributed by atoms with van der Waals surface area (Å²) in [5.74, 6) is 0. The van der Waals surface area contributed by atoms with Crippen molar-refractivity contribution in [3.63, 3.8) is 0 Å². The summed E-state index contributed by atoms with van der Waals surface area (Å²) in [5, 5.41) is 1.84. The summed E-state index contributed by atoms with van der Waals surface area (Å²) >= 11 is 0. The van der Waals surface area contributed by atoms with Gasteiger partial charge in [-0.1, -0.05) is 36.4 Å². The van der Waals surface area contributed by atoms with Crippen LogP contribution in [-0.4, -0.2) is 9.13 Å². The Kier molecular flexibility index (Phi) is 2.48. The van der Waals surface area contributed by atoms with Crippen molar-refractivity contribution in [2.24, 2.45) is 7.05 Å². The van der Waals surface area contributed by atoms with Crippen LogP contribution in [0, 0.1) is 0 Å². The van der Waals surface area contributed by atoms with Crippen molar-refractivity contribution in [3.05, 3.63) is 77.2 Å². The molecular weight excluding hydrogens is 260 g/mol. The SMILES string of the molecule is Cn1c(=O)c2ccn(-c3ccccc3)c2c2ccccc21. The lowest BCUT2D eigenvalue weighted by molar-refractivity contribution is 0.918. The van der Waals surface area contributed by atoms with Gasteiger partial charge >= 0.3 is 0 Å². The van der Waals surface area contributed by atoms with E-state index in [0.29, 0.717) is 0 Å². The fourth-order valence-corrected chi connectivity index (χ4v) is 2.94. The number of rotatable bonds is 1. The van der Waals surface area contributed by atoms with Crippen molar-refractivity contribution in [1.29, 1.82) is 0 Å². The van der Waals surface area contributed by atoms with E-state index in [1.165, 1.54) is 0 Å². The quantitative estimate of drug-likeness (QED) is 0.522. The van der Waals surface area contributed by atoms with Crippen molar-refractivity contribution in [2.45, 2.75) is 0 Å². The maximum absolute atomic E-state index is 12.5. The van der Waals surface area contributed by atoms with E-state index >= 15 is 0 Å². The van der Waals surface area contributed by atoms with Crippen molar-refractivity contribution < 1.29 is 0 Å². The zero-order valence-corrected chi connectivity index (χ0v) is 11.7. The van der Waals surface area contributed by atoms with Crippen molar-refractivity contribution >= 4 is 21.8 Å². The Hall–Kier alpha value is -2.81. The second-order valence-electron chi connectivity index (χ2n) is 5.16. The first-order valence-electron chi connectivity index (χ1n) is 6.91. The third-order valence-corrected chi connectivity index (χ3v) is 3.98. The van der Waals surface area contributed by atoms with Crippen molar-refractivity contribution in [2.75, 3.05) is 0 Å². The average Bonchev–Trinajstić information content (AvgIpc) is 2.99. The summed E-state index contributed by atoms with van der Waals surface area (Å²) in [7, 11) is 1.82. The second-order valence-corrected chi connectivity index (χ2v) is 5.16. The highest BCUT2D eigenvalue weighted by Gasteiger charge is 2.12. The minimum atomic E-state index is 0.0402. The molecule has 2 heterocycles. The molecule has 0 aliphatic carbocycles. The van der Waals surface area contributed by atoms with Gasteiger partial charge in [-0.2, -0.15) is 0 Å². The molecule has 0 saturated heterocycles. The topological polar surface area (TPSA) is 26.9 Å². The average molecular weight is 274 g/mol. The molecule has 21 heavy (non-hydrogen) atoms. The Morgan fingerprint density at radius 1 is 0.810 bits per heavy atom. The summed E-state index contributed by atoms with van der Waals surface area (Å²) in [6.45, 7) is 0. The summed E-state index contributed by atoms with van der Waals surface area (Å²) in [5.41, 5.74) is 3.02. The first-order valence-corrected chi connectivity index (χ1v) is 6.91. The van der Waals surface area contributed by atoms with Crippen LogP contribution in [-0.2, 0) is 7.05 Å². The van der Waals surface area contributed by atoms with E-state index < -0.39 is 0 Å². The zero-order chi connectivity index (χ0) is 14.4. The molecule has 0 fully saturated rings. The maximum atomic E-state index is 12.5. The third kappa shape index (κ3) is 1.64. The number of hydrogen-bond donors (Lipinski definition) is 0. The minimum Gasteiger partial charge on any atom is -0.316 e. The number of nitrogens with zero attached hydrogens (tertiary/aromatic N) is 2. The predicted octanol–water partition coefficient (Wildman–Crippen LogP) is 3.48. The molecule has 0 aliphatic heterocycles. The molecule has 102 valence electrons. The number of benzene rings is 2. The number of fused-ring (bicyclic) bond motifs is 3. The van der Waals surface area contributed by atoms with E-state index in [0.717, 1.165) is 27.5 Å². The first-order chi connectivity index (χ1) is 10.3. The zero-order valence-electron chi connectivity index (χ0n) is 11.7. The van der Waals surface area contributed by atoms with Crippen LogP contribution < -0.4 is 5.56 Å². The van der Waals surface area contributed by atoms with Crippen LogP contribution >= 0.6 is 0 Å². The Morgan fingerprint density at radius 2 is 1.52 bits per heavy atom. The molecule has 0 N–H and O–H groups in total. The summed E-state index contributed by atoms with van der Waals surface area (Å²) in [6, 6.07) is 20.0. The van der Waals surface area contributed by atoms with Gasteiger partial charge in [-0.05, 0) is 24.3 Å². The van der Waals surface area contributed by atoms with Crippen LogP contribution in [0.15, 0.2) is 71.7 Å². The van der Waals surface area contributed by atoms with Gasteiger partial charge in [-0.15, -0.1) is 0 Å². The van der Waals surface area contributed by atoms with E-state index in [-0.39, 0.29) is 5.56 Å². The van der Waals surface area contributed by atoms with Crippen molar-refractivity contribution in [1.82, 2.24) is 9.13 Å². The number of hydrogen-bond acceptors (Lipinski definition) is 1. The summed E-state index contributed by atoms with van der Waals surface area (Å²) < 4.78 is 3.80. The molecule has 3 nitrogen and oxygen atoms in total. The molecule has 0 aliphatic rings. The molecule has 0 bridgehead atoms. The normalized spacial score (nSPS) is 11.3. The summed E-state index contributed by atoms with van der Waals surface area (Å²) in [4.78, 5) is 12.5. The van der Waals surface area contributed by atoms with Crippen LogP contribution in [0.5, 0.6) is 0 Å². The van der Waals surface area contributed by atoms with E-state index in [4.69, 9.17) is 0 Å². The van der Waals surface area contributed by atoms with Gasteiger partial charge in [0.25, 0.3) is 5.56 Å². The van der Waals surface area contributed by atoms with Gasteiger partial charge < -0.3 is 9.13 Å². The number of pyridine rings is 1. The molecule has 0 radical (unpaired) electrons. The highest BCUT2D eigenvalue weighted by Crippen LogP contribution is 2.25. The van der Waals surface area contributed by atoms with Gasteiger partial charge in [-0.25, -0.2) is 0 Å². The summed E-state index contributed by atoms with van der Waals surface area (Å²) in [6.07, 6.45) is 1.97. The molecule has 2 aromatic carbocycles. The van der Waals surface area contributed by atoms with E-state index in [1.807, 2.05) is 67.8 Å². The van der Waals surface area contributed by atoms with Crippen LogP contribution in [0.25, 0.3) is 27.5 Å². The fraction of sp³-hybridized carbons (Fsp3) is 0.0556. The molecule has 0 amide bonds. The third-order valence-electron chi connectivity index (χ3n) is 3.98. The van der Waals surface area contributed by atoms with Gasteiger partial charge in [0.2, 0.25) is 0 Å². The van der Waals surface area contributed by atoms with Gasteiger partial charge in [0.15, 0.2) is 0 Å². The molecule has 3 heteroatoms. The monoisotopic (exact) mass is 274 g/mol. The van der Waals surface area contributed by atoms with Crippen LogP contribution in [0.4, 0.5) is 0 Å². The standard InChI is InChI=1S/C18H14N2O/c1-19-16-10-6-5-9-14(16)17-15(18(19)21)11-12-20(17)13-7-3-2-4-8-13/h2-12H,1H3. The molecule has 4 aromatic rings. The molecule has 0 unspecified atom stereocenters. The molecule has 0 atom stereocenters. The second kappa shape index (κ2) is 4.35. The van der Waals surface area contributed by atoms with E-state index in [2.05, 4.69) is 10.6 Å². The Labute approximate surface area is 121 Å². The van der Waals surface area contributed by atoms with Crippen LogP contribution in [0.3, 0.4) is 0 Å². The lowest BCUT2D eigenvalue weighted by Crippen LogP contribution is -2.17. The van der Waals surface area contributed by atoms with Crippen LogP contribution in [0.2, 0.25) is 0 Å². The lowest BCUT2D eigenvalue weighted by atomic mass is 10.1. The van der Waals surface area contributed by atoms with Crippen molar-refractivity contribution in [3.8, 4) is 5.69 Å². The largest absolute Gasteiger partial charge is 0.316 e. The van der Waals surface area contributed by atoms with E-state index in [9.17, 15) is 4.79 Å². The fourth-order valence-electron chi connectivity index (χ4n) is 2.94. The first kappa shape index (κ1) is 12.0. The van der Waals surface area contributed by atoms with Gasteiger partial charge in [-0.3, -0.25) is 4.79 Å². The molecule has 2 aromatic heterocycles. The smallest absolute Gasteiger partial charge is 0.260 e. The number of para-hydroxylation sites is 2. The maximum Gasteiger partial charge on any atom is 0.260 e. The molecule has 0 spiro atoms. The lowest BCUT2D eigenvalue weighted by Gasteiger charge is -2.10. The number of aromatic nitrogens is 2. The Bertz CT molecular complexity index is 1010. The minimum absolute atomic E-state index is 0.0402. The Balaban J connectivity index is 2.24. The highest BCUT2D eigenvalue weighted by molar-refractivity contribution is 6.04. The predicted molar refractivity (Wildman–Crippen MR) is 86.0 cm³/mol. The van der Waals surface area contributed by atoms with E-state index in [1.54, 1.807) is 4.57 Å². The van der Waals surface area contributed by atoms with Gasteiger partial charge in [0.1, 0.15) is 0 Å². The Morgan fingerprint density at radius 3 is 2.33 bits per heavy atom. The van der Waals surface area contributed by atoms with Crippen LogP contribution in [0.1, 0.15) is 0 Å².